The van der Waals surface area contributed by atoms with Crippen LogP contribution in [0.3, 0.4) is 0 Å². The van der Waals surface area contributed by atoms with Crippen LogP contribution < -0.4 is 10.1 Å². The number of hydrogen-bond donors (Lipinski definition) is 0. The van der Waals surface area contributed by atoms with Crippen LogP contribution in [-0.4, -0.2) is 16.5 Å². The number of hydrogen-bond acceptors (Lipinski definition) is 4. The second-order valence-electron chi connectivity index (χ2n) is 13.5. The number of anilines is 3. The fraction of sp³-hybridized carbons (Fsp3) is 0.0408. The molecule has 5 nitrogen and oxygen atoms in total. The molecule has 54 heavy (non-hydrogen) atoms. The van der Waals surface area contributed by atoms with Gasteiger partial charge in [-0.1, -0.05) is 146 Å². The quantitative estimate of drug-likeness (QED) is 0.155. The summed E-state index contributed by atoms with van der Waals surface area (Å²) in [7, 11) is 0. The predicted molar refractivity (Wildman–Crippen MR) is 220 cm³/mol. The van der Waals surface area contributed by atoms with E-state index >= 15 is 0 Å². The summed E-state index contributed by atoms with van der Waals surface area (Å²) in [6, 6.07) is 66.7. The molecule has 0 bridgehead atoms. The van der Waals surface area contributed by atoms with Gasteiger partial charge in [0.15, 0.2) is 0 Å². The summed E-state index contributed by atoms with van der Waals surface area (Å²) in [5, 5.41) is 4.88. The molecule has 0 amide bonds. The minimum atomic E-state index is -2.51. The van der Waals surface area contributed by atoms with Gasteiger partial charge in [-0.2, -0.15) is 5.06 Å². The summed E-state index contributed by atoms with van der Waals surface area (Å²) in [6.45, 7) is -2.51. The molecular weight excluding hydrogens is 661 g/mol. The molecule has 0 N–H and O–H groups in total. The molecule has 0 saturated heterocycles. The molecule has 10 rings (SSSR count). The van der Waals surface area contributed by atoms with Gasteiger partial charge in [-0.25, -0.2) is 10.0 Å². The average molecular weight is 700 g/mol. The van der Waals surface area contributed by atoms with E-state index in [0.717, 1.165) is 66.1 Å². The highest BCUT2D eigenvalue weighted by molar-refractivity contribution is 6.09. The molecule has 0 fully saturated rings. The monoisotopic (exact) mass is 699 g/mol. The van der Waals surface area contributed by atoms with Crippen LogP contribution in [0.4, 0.5) is 17.1 Å². The minimum absolute atomic E-state index is 0.475. The molecule has 0 spiro atoms. The van der Waals surface area contributed by atoms with Crippen molar-refractivity contribution in [3.63, 3.8) is 0 Å². The van der Waals surface area contributed by atoms with Crippen molar-refractivity contribution in [2.24, 2.45) is 0 Å². The number of nitrogens with zero attached hydrogens (tertiary/aromatic N) is 4. The van der Waals surface area contributed by atoms with Crippen molar-refractivity contribution in [2.45, 2.75) is 5.41 Å². The predicted octanol–water partition coefficient (Wildman–Crippen LogP) is 11.7. The van der Waals surface area contributed by atoms with Crippen LogP contribution >= 0.6 is 0 Å². The van der Waals surface area contributed by atoms with Crippen LogP contribution in [0, 0.1) is 0 Å². The van der Waals surface area contributed by atoms with Crippen molar-refractivity contribution in [3.05, 3.63) is 223 Å². The zero-order valence-electron chi connectivity index (χ0n) is 32.2. The molecule has 258 valence electrons. The second-order valence-corrected chi connectivity index (χ2v) is 13.5. The molecule has 5 heteroatoms. The van der Waals surface area contributed by atoms with Crippen molar-refractivity contribution in [1.29, 1.82) is 0 Å². The van der Waals surface area contributed by atoms with E-state index < -0.39 is 12.4 Å². The first-order valence-electron chi connectivity index (χ1n) is 19.6. The summed E-state index contributed by atoms with van der Waals surface area (Å²) in [5.41, 5.74) is 9.49. The number of rotatable bonds is 7. The Balaban J connectivity index is 1.24. The number of para-hydroxylation sites is 3. The van der Waals surface area contributed by atoms with Crippen LogP contribution in [-0.2, 0) is 10.4 Å². The highest BCUT2D eigenvalue weighted by atomic mass is 16.8. The van der Waals surface area contributed by atoms with Gasteiger partial charge in [0.2, 0.25) is 0 Å². The number of aromatic nitrogens is 2. The third kappa shape index (κ3) is 5.01. The van der Waals surface area contributed by atoms with Crippen molar-refractivity contribution < 1.29 is 9.05 Å². The highest BCUT2D eigenvalue weighted by Gasteiger charge is 2.40. The number of pyridine rings is 1. The molecule has 1 aliphatic heterocycles. The van der Waals surface area contributed by atoms with E-state index in [-0.39, 0.29) is 0 Å². The Bertz CT molecular complexity index is 2850. The molecule has 0 unspecified atom stereocenters. The first-order chi connectivity index (χ1) is 27.9. The maximum atomic E-state index is 8.23. The summed E-state index contributed by atoms with van der Waals surface area (Å²) in [4.78, 5) is 11.1. The van der Waals surface area contributed by atoms with E-state index in [4.69, 9.17) is 14.0 Å². The summed E-state index contributed by atoms with van der Waals surface area (Å²) < 4.78 is 27.0. The van der Waals surface area contributed by atoms with Crippen LogP contribution in [0.15, 0.2) is 200 Å². The van der Waals surface area contributed by atoms with Gasteiger partial charge in [0.25, 0.3) is 0 Å². The van der Waals surface area contributed by atoms with Crippen LogP contribution in [0.2, 0.25) is 0 Å². The topological polar surface area (TPSA) is 33.5 Å². The fourth-order valence-electron chi connectivity index (χ4n) is 8.21. The lowest BCUT2D eigenvalue weighted by Crippen LogP contribution is -2.31. The van der Waals surface area contributed by atoms with Gasteiger partial charge in [0, 0.05) is 28.1 Å². The molecule has 9 aromatic rings. The van der Waals surface area contributed by atoms with Crippen molar-refractivity contribution in [3.8, 4) is 16.9 Å². The highest BCUT2D eigenvalue weighted by Crippen LogP contribution is 2.49. The van der Waals surface area contributed by atoms with Gasteiger partial charge in [0.05, 0.1) is 33.5 Å². The van der Waals surface area contributed by atoms with Crippen LogP contribution in [0.25, 0.3) is 38.8 Å². The van der Waals surface area contributed by atoms with E-state index in [9.17, 15) is 0 Å². The first-order valence-corrected chi connectivity index (χ1v) is 18.1. The lowest BCUT2D eigenvalue weighted by Gasteiger charge is -2.37. The number of fused-ring (bicyclic) bond motifs is 4. The first kappa shape index (κ1) is 28.6. The van der Waals surface area contributed by atoms with E-state index in [1.807, 2.05) is 54.7 Å². The summed E-state index contributed by atoms with van der Waals surface area (Å²) >= 11 is 0. The van der Waals surface area contributed by atoms with Crippen molar-refractivity contribution in [1.82, 2.24) is 9.55 Å². The Labute approximate surface area is 318 Å². The molecule has 0 aliphatic carbocycles. The van der Waals surface area contributed by atoms with Crippen molar-refractivity contribution >= 4 is 38.9 Å². The van der Waals surface area contributed by atoms with Gasteiger partial charge < -0.3 is 0 Å². The van der Waals surface area contributed by atoms with Crippen molar-refractivity contribution in [2.75, 3.05) is 17.1 Å². The second kappa shape index (κ2) is 12.9. The Hall–Kier alpha value is -6.95. The summed E-state index contributed by atoms with van der Waals surface area (Å²) in [6.07, 6.45) is 1.89. The maximum absolute atomic E-state index is 8.23. The molecule has 7 aromatic carbocycles. The van der Waals surface area contributed by atoms with Gasteiger partial charge in [-0.3, -0.25) is 4.57 Å². The fourth-order valence-corrected chi connectivity index (χ4v) is 8.21. The van der Waals surface area contributed by atoms with Gasteiger partial charge in [-0.05, 0) is 81.9 Å². The lowest BCUT2D eigenvalue weighted by molar-refractivity contribution is 0.142. The molecule has 0 radical (unpaired) electrons. The third-order valence-electron chi connectivity index (χ3n) is 10.6. The van der Waals surface area contributed by atoms with Crippen LogP contribution in [0.1, 0.15) is 26.4 Å². The van der Waals surface area contributed by atoms with E-state index in [2.05, 4.69) is 144 Å². The number of benzene rings is 7. The smallest absolute Gasteiger partial charge is 0.138 e. The van der Waals surface area contributed by atoms with Gasteiger partial charge >= 0.3 is 0 Å². The maximum Gasteiger partial charge on any atom is 0.138 e. The molecule has 2 aromatic heterocycles. The largest absolute Gasteiger partial charge is 0.294 e. The zero-order chi connectivity index (χ0) is 38.6. The molecule has 0 saturated carbocycles. The van der Waals surface area contributed by atoms with E-state index in [1.165, 1.54) is 0 Å². The minimum Gasteiger partial charge on any atom is -0.294 e. The Morgan fingerprint density at radius 1 is 0.500 bits per heavy atom. The Morgan fingerprint density at radius 3 is 1.89 bits per heavy atom. The standard InChI is InChI=1S/C49H36N4O/c1-51-45-26-13-14-27-46(45)53(54-51)41-23-15-22-39(33-41)49(37-18-7-3-8-19-37,38-20-9-4-10-21-38)40-28-29-43-42-24-11-12-25-44(42)52(47(43)34-40)48-32-36(30-31-50-48)35-16-5-2-6-17-35/h2-34H,1H3/i1D3. The van der Waals surface area contributed by atoms with Gasteiger partial charge in [-0.15, -0.1) is 4.94 Å². The Kier molecular flexibility index (Phi) is 6.85. The van der Waals surface area contributed by atoms with E-state index in [0.29, 0.717) is 17.1 Å². The molecule has 3 heterocycles. The van der Waals surface area contributed by atoms with E-state index in [1.54, 1.807) is 11.1 Å². The normalized spacial score (nSPS) is 13.8. The summed E-state index contributed by atoms with van der Waals surface area (Å²) in [5.74, 6) is 0.829. The van der Waals surface area contributed by atoms with Crippen LogP contribution in [0.5, 0.6) is 0 Å². The SMILES string of the molecule is [2H]C([2H])([2H])N1ON(c2cccc(C(c3ccccc3)(c3ccccc3)c3ccc4c5ccccc5n(-c5cc(-c6ccccc6)ccn5)c4c3)c2)c2ccccc21. The lowest BCUT2D eigenvalue weighted by atomic mass is 9.65. The number of hydroxylamine groups is 1. The third-order valence-corrected chi connectivity index (χ3v) is 10.6. The Morgan fingerprint density at radius 2 is 1.13 bits per heavy atom. The van der Waals surface area contributed by atoms with Gasteiger partial charge in [0.1, 0.15) is 5.82 Å². The molecular formula is C49H36N4O. The average Bonchev–Trinajstić information content (AvgIpc) is 3.82. The molecule has 0 atom stereocenters. The zero-order valence-corrected chi connectivity index (χ0v) is 29.2. The molecule has 1 aliphatic rings.